The number of phenolic OH excluding ortho intramolecular Hbond substituents is 1. The number of halogens is 1. The smallest absolute Gasteiger partial charge is 0.165 e. The molecule has 6 rings (SSSR count). The molecule has 0 amide bonds. The second kappa shape index (κ2) is 5.28. The minimum absolute atomic E-state index is 0. The van der Waals surface area contributed by atoms with Crippen LogP contribution in [0.25, 0.3) is 0 Å². The molecule has 0 aromatic heterocycles. The molecule has 6 heteroatoms. The zero-order valence-electron chi connectivity index (χ0n) is 14.7. The maximum Gasteiger partial charge on any atom is 0.165 e. The molecular formula is C20H26ClNO4. The summed E-state index contributed by atoms with van der Waals surface area (Å²) in [5, 5.41) is 33.1. The molecule has 5 nitrogen and oxygen atoms in total. The normalized spacial score (nSPS) is 42.6. The highest BCUT2D eigenvalue weighted by Crippen LogP contribution is 2.65. The second-order valence-corrected chi connectivity index (χ2v) is 8.90. The maximum absolute atomic E-state index is 12.0. The Bertz CT molecular complexity index is 768. The number of aliphatic hydroxyl groups is 2. The third-order valence-corrected chi connectivity index (χ3v) is 7.73. The number of likely N-dealkylation sites (tertiary alicyclic amines) is 1. The number of benzene rings is 1. The van der Waals surface area contributed by atoms with Crippen molar-refractivity contribution in [3.63, 3.8) is 0 Å². The molecule has 26 heavy (non-hydrogen) atoms. The first-order chi connectivity index (χ1) is 12.0. The van der Waals surface area contributed by atoms with E-state index in [4.69, 9.17) is 4.74 Å². The number of nitrogens with zero attached hydrogens (tertiary/aromatic N) is 1. The van der Waals surface area contributed by atoms with Gasteiger partial charge in [0.1, 0.15) is 6.10 Å². The molecular weight excluding hydrogens is 354 g/mol. The van der Waals surface area contributed by atoms with E-state index in [9.17, 15) is 15.3 Å². The van der Waals surface area contributed by atoms with E-state index in [1.807, 2.05) is 6.07 Å². The molecule has 2 aliphatic heterocycles. The molecule has 1 aromatic carbocycles. The monoisotopic (exact) mass is 379 g/mol. The van der Waals surface area contributed by atoms with Crippen LogP contribution in [0.5, 0.6) is 11.5 Å². The van der Waals surface area contributed by atoms with Crippen molar-refractivity contribution in [3.8, 4) is 11.5 Å². The Morgan fingerprint density at radius 1 is 1.19 bits per heavy atom. The number of piperidine rings is 1. The molecule has 2 heterocycles. The van der Waals surface area contributed by atoms with E-state index < -0.39 is 23.2 Å². The minimum Gasteiger partial charge on any atom is -0.504 e. The summed E-state index contributed by atoms with van der Waals surface area (Å²) >= 11 is 0. The molecule has 3 aliphatic carbocycles. The molecule has 1 saturated heterocycles. The maximum atomic E-state index is 12.0. The van der Waals surface area contributed by atoms with Crippen molar-refractivity contribution in [2.24, 2.45) is 5.92 Å². The van der Waals surface area contributed by atoms with Crippen molar-refractivity contribution in [2.75, 3.05) is 13.1 Å². The summed E-state index contributed by atoms with van der Waals surface area (Å²) in [5.74, 6) is 1.44. The Balaban J connectivity index is 0.00000150. The zero-order chi connectivity index (χ0) is 17.0. The summed E-state index contributed by atoms with van der Waals surface area (Å²) in [6, 6.07) is 3.79. The second-order valence-electron chi connectivity index (χ2n) is 8.90. The van der Waals surface area contributed by atoms with Gasteiger partial charge in [0, 0.05) is 18.2 Å². The summed E-state index contributed by atoms with van der Waals surface area (Å²) in [6.45, 7) is 2.02. The van der Waals surface area contributed by atoms with Gasteiger partial charge in [0.2, 0.25) is 0 Å². The van der Waals surface area contributed by atoms with Crippen LogP contribution in [0.2, 0.25) is 0 Å². The van der Waals surface area contributed by atoms with Gasteiger partial charge in [-0.15, -0.1) is 12.4 Å². The molecule has 3 N–H and O–H groups in total. The average molecular weight is 380 g/mol. The van der Waals surface area contributed by atoms with Gasteiger partial charge in [0.05, 0.1) is 17.1 Å². The van der Waals surface area contributed by atoms with E-state index in [0.717, 1.165) is 37.4 Å². The topological polar surface area (TPSA) is 73.2 Å². The lowest BCUT2D eigenvalue weighted by Crippen LogP contribution is -2.77. The SMILES string of the molecule is Cl.Oc1ccc2c3c1O[C@H]1[C@H](O)CC[C@@]4(O)[C@@H](C2)N(CC2CC2)CC[C@]314. The summed E-state index contributed by atoms with van der Waals surface area (Å²) in [6.07, 6.45) is 4.35. The molecule has 0 unspecified atom stereocenters. The largest absolute Gasteiger partial charge is 0.504 e. The number of phenols is 1. The predicted molar refractivity (Wildman–Crippen MR) is 98.0 cm³/mol. The fourth-order valence-corrected chi connectivity index (χ4v) is 6.46. The van der Waals surface area contributed by atoms with Crippen molar-refractivity contribution in [1.29, 1.82) is 0 Å². The van der Waals surface area contributed by atoms with Gasteiger partial charge in [-0.3, -0.25) is 4.90 Å². The number of hydrogen-bond donors (Lipinski definition) is 3. The van der Waals surface area contributed by atoms with Crippen molar-refractivity contribution in [2.45, 2.75) is 67.8 Å². The van der Waals surface area contributed by atoms with Gasteiger partial charge in [0.15, 0.2) is 11.5 Å². The Morgan fingerprint density at radius 2 is 2.00 bits per heavy atom. The summed E-state index contributed by atoms with van der Waals surface area (Å²) < 4.78 is 6.14. The Kier molecular flexibility index (Phi) is 3.48. The number of hydrogen-bond acceptors (Lipinski definition) is 5. The molecule has 0 radical (unpaired) electrons. The molecule has 5 atom stereocenters. The zero-order valence-corrected chi connectivity index (χ0v) is 15.5. The van der Waals surface area contributed by atoms with E-state index in [0.29, 0.717) is 18.6 Å². The van der Waals surface area contributed by atoms with E-state index in [2.05, 4.69) is 4.90 Å². The minimum atomic E-state index is -0.879. The Hall–Kier alpha value is -1.01. The van der Waals surface area contributed by atoms with Crippen LogP contribution in [-0.4, -0.2) is 57.2 Å². The Morgan fingerprint density at radius 3 is 2.77 bits per heavy atom. The third kappa shape index (κ3) is 1.83. The van der Waals surface area contributed by atoms with Gasteiger partial charge < -0.3 is 20.1 Å². The van der Waals surface area contributed by atoms with E-state index >= 15 is 0 Å². The van der Waals surface area contributed by atoms with Crippen molar-refractivity contribution < 1.29 is 20.1 Å². The average Bonchev–Trinajstić information content (AvgIpc) is 3.32. The lowest BCUT2D eigenvalue weighted by molar-refractivity contribution is -0.208. The van der Waals surface area contributed by atoms with Gasteiger partial charge in [-0.2, -0.15) is 0 Å². The van der Waals surface area contributed by atoms with Crippen LogP contribution in [0.4, 0.5) is 0 Å². The first-order valence-electron chi connectivity index (χ1n) is 9.71. The molecule has 2 saturated carbocycles. The molecule has 5 aliphatic rings. The highest BCUT2D eigenvalue weighted by atomic mass is 35.5. The number of aliphatic hydroxyl groups excluding tert-OH is 1. The Labute approximate surface area is 159 Å². The highest BCUT2D eigenvalue weighted by molar-refractivity contribution is 5.85. The molecule has 2 bridgehead atoms. The lowest BCUT2D eigenvalue weighted by Gasteiger charge is -2.63. The van der Waals surface area contributed by atoms with Gasteiger partial charge in [-0.1, -0.05) is 6.07 Å². The van der Waals surface area contributed by atoms with Gasteiger partial charge in [0.25, 0.3) is 0 Å². The molecule has 1 aromatic rings. The number of ether oxygens (including phenoxy) is 1. The third-order valence-electron chi connectivity index (χ3n) is 7.73. The van der Waals surface area contributed by atoms with E-state index in [1.165, 1.54) is 18.4 Å². The molecule has 3 fully saturated rings. The van der Waals surface area contributed by atoms with Crippen molar-refractivity contribution in [1.82, 2.24) is 4.90 Å². The van der Waals surface area contributed by atoms with Crippen LogP contribution < -0.4 is 4.74 Å². The lowest BCUT2D eigenvalue weighted by atomic mass is 9.48. The fourth-order valence-electron chi connectivity index (χ4n) is 6.46. The molecule has 142 valence electrons. The quantitative estimate of drug-likeness (QED) is 0.730. The van der Waals surface area contributed by atoms with Crippen molar-refractivity contribution >= 4 is 12.4 Å². The van der Waals surface area contributed by atoms with Crippen LogP contribution in [0.3, 0.4) is 0 Å². The molecule has 1 spiro atoms. The summed E-state index contributed by atoms with van der Waals surface area (Å²) in [7, 11) is 0. The first-order valence-corrected chi connectivity index (χ1v) is 9.71. The van der Waals surface area contributed by atoms with E-state index in [1.54, 1.807) is 6.07 Å². The van der Waals surface area contributed by atoms with Crippen LogP contribution in [0, 0.1) is 5.92 Å². The van der Waals surface area contributed by atoms with E-state index in [-0.39, 0.29) is 24.2 Å². The fraction of sp³-hybridized carbons (Fsp3) is 0.700. The van der Waals surface area contributed by atoms with Gasteiger partial charge >= 0.3 is 0 Å². The van der Waals surface area contributed by atoms with Crippen LogP contribution in [0.15, 0.2) is 12.1 Å². The van der Waals surface area contributed by atoms with Crippen molar-refractivity contribution in [3.05, 3.63) is 23.3 Å². The number of rotatable bonds is 2. The van der Waals surface area contributed by atoms with Crippen LogP contribution in [-0.2, 0) is 11.8 Å². The predicted octanol–water partition coefficient (Wildman–Crippen LogP) is 1.74. The highest BCUT2D eigenvalue weighted by Gasteiger charge is 2.72. The number of aromatic hydroxyl groups is 1. The standard InChI is InChI=1S/C20H25NO4.ClH/c22-13-4-3-12-9-15-20(24)6-5-14(23)18-19(20,16(12)17(13)25-18)7-8-21(15)10-11-1-2-11;/h3-4,11,14-15,18,22-24H,1-2,5-10H2;1H/t14-,15-,18+,19+,20-;/m1./s1. The van der Waals surface area contributed by atoms with Crippen LogP contribution in [0.1, 0.15) is 43.2 Å². The van der Waals surface area contributed by atoms with Crippen LogP contribution >= 0.6 is 12.4 Å². The first kappa shape index (κ1) is 17.1. The summed E-state index contributed by atoms with van der Waals surface area (Å²) in [5.41, 5.74) is 0.716. The van der Waals surface area contributed by atoms with Gasteiger partial charge in [-0.05, 0) is 62.6 Å². The van der Waals surface area contributed by atoms with Gasteiger partial charge in [-0.25, -0.2) is 0 Å². The summed E-state index contributed by atoms with van der Waals surface area (Å²) in [4.78, 5) is 2.51.